The predicted molar refractivity (Wildman–Crippen MR) is 64.1 cm³/mol. The minimum atomic E-state index is -1.55. The molecule has 4 unspecified atom stereocenters. The summed E-state index contributed by atoms with van der Waals surface area (Å²) < 4.78 is 32.1. The van der Waals surface area contributed by atoms with Crippen molar-refractivity contribution >= 4 is 0 Å². The fraction of sp³-hybridized carbons (Fsp3) is 0.692. The molecule has 0 radical (unpaired) electrons. The van der Waals surface area contributed by atoms with Gasteiger partial charge in [-0.05, 0) is 27.0 Å². The zero-order valence-corrected chi connectivity index (χ0v) is 10.9. The van der Waals surface area contributed by atoms with Crippen molar-refractivity contribution in [3.8, 4) is 0 Å². The van der Waals surface area contributed by atoms with E-state index in [1.807, 2.05) is 18.9 Å². The van der Waals surface area contributed by atoms with Gasteiger partial charge in [0.1, 0.15) is 11.7 Å². The molecular weight excluding hydrogens is 240 g/mol. The van der Waals surface area contributed by atoms with E-state index in [1.54, 1.807) is 6.92 Å². The Morgan fingerprint density at radius 3 is 2.72 bits per heavy atom. The molecule has 0 spiro atoms. The molecule has 102 valence electrons. The second kappa shape index (κ2) is 4.72. The summed E-state index contributed by atoms with van der Waals surface area (Å²) in [5.41, 5.74) is 0. The third-order valence-electron chi connectivity index (χ3n) is 4.06. The first-order valence-electron chi connectivity index (χ1n) is 6.16. The topological polar surface area (TPSA) is 32.7 Å². The largest absolute Gasteiger partial charge is 0.364 e. The number of allylic oxidation sites excluding steroid dienone is 3. The average molecular weight is 259 g/mol. The van der Waals surface area contributed by atoms with Crippen LogP contribution in [0.2, 0.25) is 0 Å². The lowest BCUT2D eigenvalue weighted by Crippen LogP contribution is -2.63. The summed E-state index contributed by atoms with van der Waals surface area (Å²) >= 11 is 0. The number of aliphatic hydroxyl groups is 1. The van der Waals surface area contributed by atoms with Crippen molar-refractivity contribution in [3.05, 3.63) is 23.8 Å². The Labute approximate surface area is 106 Å². The monoisotopic (exact) mass is 259 g/mol. The van der Waals surface area contributed by atoms with Crippen LogP contribution < -0.4 is 0 Å². The van der Waals surface area contributed by atoms with Gasteiger partial charge in [-0.3, -0.25) is 4.90 Å². The summed E-state index contributed by atoms with van der Waals surface area (Å²) in [4.78, 5) is 1.96. The molecule has 3 nitrogen and oxygen atoms in total. The molecule has 0 aromatic carbocycles. The first kappa shape index (κ1) is 13.6. The SMILES string of the molecule is CC1COC(O)(C2C=C(F)C=C(F)C2)C(C)N1C. The van der Waals surface area contributed by atoms with Gasteiger partial charge in [-0.25, -0.2) is 8.78 Å². The van der Waals surface area contributed by atoms with Crippen molar-refractivity contribution in [3.63, 3.8) is 0 Å². The number of morpholine rings is 1. The molecule has 5 heteroatoms. The van der Waals surface area contributed by atoms with Gasteiger partial charge in [0.05, 0.1) is 12.6 Å². The Balaban J connectivity index is 2.24. The van der Waals surface area contributed by atoms with E-state index in [1.165, 1.54) is 6.08 Å². The zero-order valence-electron chi connectivity index (χ0n) is 10.9. The van der Waals surface area contributed by atoms with E-state index in [9.17, 15) is 13.9 Å². The molecule has 0 aromatic rings. The molecule has 2 rings (SSSR count). The van der Waals surface area contributed by atoms with E-state index in [-0.39, 0.29) is 18.5 Å². The van der Waals surface area contributed by atoms with Crippen LogP contribution in [0.5, 0.6) is 0 Å². The van der Waals surface area contributed by atoms with Crippen molar-refractivity contribution in [2.75, 3.05) is 13.7 Å². The smallest absolute Gasteiger partial charge is 0.187 e. The van der Waals surface area contributed by atoms with E-state index < -0.39 is 23.4 Å². The van der Waals surface area contributed by atoms with Crippen LogP contribution in [0.4, 0.5) is 8.78 Å². The summed E-state index contributed by atoms with van der Waals surface area (Å²) in [5.74, 6) is -3.48. The Morgan fingerprint density at radius 2 is 2.11 bits per heavy atom. The first-order chi connectivity index (χ1) is 8.34. The van der Waals surface area contributed by atoms with Crippen LogP contribution in [0.25, 0.3) is 0 Å². The van der Waals surface area contributed by atoms with Crippen molar-refractivity contribution in [2.24, 2.45) is 5.92 Å². The standard InChI is InChI=1S/C13H19F2NO2/c1-8-7-18-13(17,9(2)16(8)3)10-4-11(14)6-12(15)5-10/h4,6,8-10,17H,5,7H2,1-3H3. The first-order valence-corrected chi connectivity index (χ1v) is 6.16. The Kier molecular flexibility index (Phi) is 3.58. The molecular formula is C13H19F2NO2. The van der Waals surface area contributed by atoms with Gasteiger partial charge >= 0.3 is 0 Å². The fourth-order valence-electron chi connectivity index (χ4n) is 2.57. The second-order valence-corrected chi connectivity index (χ2v) is 5.21. The molecule has 0 amide bonds. The van der Waals surface area contributed by atoms with Crippen LogP contribution in [0.1, 0.15) is 20.3 Å². The summed E-state index contributed by atoms with van der Waals surface area (Å²) in [5, 5.41) is 10.6. The van der Waals surface area contributed by atoms with Crippen LogP contribution >= 0.6 is 0 Å². The van der Waals surface area contributed by atoms with Gasteiger partial charge in [-0.1, -0.05) is 0 Å². The van der Waals surface area contributed by atoms with Crippen LogP contribution in [-0.2, 0) is 4.74 Å². The average Bonchev–Trinajstić information content (AvgIpc) is 2.30. The van der Waals surface area contributed by atoms with E-state index in [0.29, 0.717) is 6.61 Å². The fourth-order valence-corrected chi connectivity index (χ4v) is 2.57. The van der Waals surface area contributed by atoms with Gasteiger partial charge in [0.2, 0.25) is 0 Å². The maximum absolute atomic E-state index is 13.3. The van der Waals surface area contributed by atoms with Crippen LogP contribution in [0.15, 0.2) is 23.8 Å². The Hall–Kier alpha value is -0.780. The number of hydrogen-bond acceptors (Lipinski definition) is 3. The summed E-state index contributed by atoms with van der Waals surface area (Å²) in [6, 6.07) is -0.167. The number of rotatable bonds is 1. The maximum atomic E-state index is 13.3. The number of likely N-dealkylation sites (N-methyl/N-ethyl adjacent to an activating group) is 1. The van der Waals surface area contributed by atoms with Crippen molar-refractivity contribution in [1.82, 2.24) is 4.90 Å². The van der Waals surface area contributed by atoms with Gasteiger partial charge in [0.15, 0.2) is 5.79 Å². The lowest BCUT2D eigenvalue weighted by Gasteiger charge is -2.49. The maximum Gasteiger partial charge on any atom is 0.187 e. The van der Waals surface area contributed by atoms with E-state index in [2.05, 4.69) is 0 Å². The highest BCUT2D eigenvalue weighted by Gasteiger charge is 2.49. The lowest BCUT2D eigenvalue weighted by atomic mass is 9.84. The lowest BCUT2D eigenvalue weighted by molar-refractivity contribution is -0.292. The zero-order chi connectivity index (χ0) is 13.5. The third kappa shape index (κ3) is 2.22. The number of halogens is 2. The van der Waals surface area contributed by atoms with Crippen molar-refractivity contribution in [1.29, 1.82) is 0 Å². The number of ether oxygens (including phenoxy) is 1. The third-order valence-corrected chi connectivity index (χ3v) is 4.06. The summed E-state index contributed by atoms with van der Waals surface area (Å²) in [6.45, 7) is 4.13. The second-order valence-electron chi connectivity index (χ2n) is 5.21. The molecule has 1 aliphatic heterocycles. The summed E-state index contributed by atoms with van der Waals surface area (Å²) in [7, 11) is 1.87. The van der Waals surface area contributed by atoms with Gasteiger partial charge < -0.3 is 9.84 Å². The van der Waals surface area contributed by atoms with Crippen molar-refractivity contribution < 1.29 is 18.6 Å². The molecule has 1 heterocycles. The van der Waals surface area contributed by atoms with Crippen molar-refractivity contribution in [2.45, 2.75) is 38.1 Å². The van der Waals surface area contributed by atoms with Gasteiger partial charge in [-0.2, -0.15) is 0 Å². The Bertz CT molecular complexity index is 396. The quantitative estimate of drug-likeness (QED) is 0.783. The number of nitrogens with zero attached hydrogens (tertiary/aromatic N) is 1. The molecule has 1 saturated heterocycles. The highest BCUT2D eigenvalue weighted by molar-refractivity contribution is 5.23. The minimum absolute atomic E-state index is 0.0313. The molecule has 1 N–H and O–H groups in total. The minimum Gasteiger partial charge on any atom is -0.364 e. The van der Waals surface area contributed by atoms with Gasteiger partial charge in [0, 0.05) is 24.5 Å². The molecule has 0 bridgehead atoms. The van der Waals surface area contributed by atoms with Crippen LogP contribution in [0.3, 0.4) is 0 Å². The van der Waals surface area contributed by atoms with Gasteiger partial charge in [-0.15, -0.1) is 0 Å². The van der Waals surface area contributed by atoms with E-state index in [4.69, 9.17) is 4.74 Å². The molecule has 1 fully saturated rings. The molecule has 18 heavy (non-hydrogen) atoms. The molecule has 1 aliphatic carbocycles. The predicted octanol–water partition coefficient (Wildman–Crippen LogP) is 2.14. The van der Waals surface area contributed by atoms with Gasteiger partial charge in [0.25, 0.3) is 0 Å². The summed E-state index contributed by atoms with van der Waals surface area (Å²) in [6.07, 6.45) is 2.06. The highest BCUT2D eigenvalue weighted by Crippen LogP contribution is 2.38. The normalized spacial score (nSPS) is 42.4. The van der Waals surface area contributed by atoms with E-state index >= 15 is 0 Å². The molecule has 4 atom stereocenters. The van der Waals surface area contributed by atoms with E-state index in [0.717, 1.165) is 6.08 Å². The Morgan fingerprint density at radius 1 is 1.44 bits per heavy atom. The molecule has 0 saturated carbocycles. The number of hydrogen-bond donors (Lipinski definition) is 1. The highest BCUT2D eigenvalue weighted by atomic mass is 19.1. The van der Waals surface area contributed by atoms with Crippen LogP contribution in [-0.4, -0.2) is 41.5 Å². The van der Waals surface area contributed by atoms with Crippen LogP contribution in [0, 0.1) is 5.92 Å². The molecule has 2 aliphatic rings. The molecule has 0 aromatic heterocycles.